The summed E-state index contributed by atoms with van der Waals surface area (Å²) in [6.07, 6.45) is 3.00. The van der Waals surface area contributed by atoms with Crippen LogP contribution in [0.3, 0.4) is 0 Å². The molecule has 6 nitrogen and oxygen atoms in total. The van der Waals surface area contributed by atoms with Gasteiger partial charge in [0.2, 0.25) is 10.0 Å². The summed E-state index contributed by atoms with van der Waals surface area (Å²) in [5, 5.41) is 3.67. The monoisotopic (exact) mass is 296 g/mol. The molecule has 1 aliphatic heterocycles. The van der Waals surface area contributed by atoms with Crippen molar-refractivity contribution in [3.05, 3.63) is 41.7 Å². The zero-order valence-electron chi connectivity index (χ0n) is 11.2. The Labute approximate surface area is 117 Å². The van der Waals surface area contributed by atoms with Crippen molar-refractivity contribution >= 4 is 10.0 Å². The van der Waals surface area contributed by atoms with Crippen LogP contribution in [0.15, 0.2) is 33.4 Å². The Morgan fingerprint density at radius 2 is 2.25 bits per heavy atom. The Kier molecular flexibility index (Phi) is 3.39. The quantitative estimate of drug-likeness (QED) is 0.864. The standard InChI is InChI=1S/C13H16N2O4S/c1-10-4-5-13(19-10)12-3-2-7-15(12)20(16,17)9-11-6-8-18-14-11/h4-6,8,12H,2-3,7,9H2,1H3. The van der Waals surface area contributed by atoms with Gasteiger partial charge in [0.25, 0.3) is 0 Å². The van der Waals surface area contributed by atoms with Gasteiger partial charge in [-0.05, 0) is 31.9 Å². The molecule has 1 atom stereocenters. The summed E-state index contributed by atoms with van der Waals surface area (Å²) in [6, 6.07) is 5.07. The summed E-state index contributed by atoms with van der Waals surface area (Å²) in [7, 11) is -3.42. The normalized spacial score (nSPS) is 20.6. The fraction of sp³-hybridized carbons (Fsp3) is 0.462. The molecule has 0 aliphatic carbocycles. The number of hydrogen-bond acceptors (Lipinski definition) is 5. The Hall–Kier alpha value is -1.60. The predicted octanol–water partition coefficient (Wildman–Crippen LogP) is 2.24. The van der Waals surface area contributed by atoms with E-state index in [1.807, 2.05) is 19.1 Å². The second-order valence-electron chi connectivity index (χ2n) is 4.96. The van der Waals surface area contributed by atoms with Gasteiger partial charge in [-0.3, -0.25) is 0 Å². The molecular weight excluding hydrogens is 280 g/mol. The van der Waals surface area contributed by atoms with Gasteiger partial charge in [-0.1, -0.05) is 5.16 Å². The number of aryl methyl sites for hydroxylation is 1. The molecule has 0 amide bonds. The van der Waals surface area contributed by atoms with E-state index in [1.54, 1.807) is 6.07 Å². The molecule has 2 aromatic heterocycles. The molecule has 0 saturated carbocycles. The topological polar surface area (TPSA) is 76.6 Å². The van der Waals surface area contributed by atoms with Crippen LogP contribution in [0.5, 0.6) is 0 Å². The van der Waals surface area contributed by atoms with Gasteiger partial charge in [0, 0.05) is 12.6 Å². The smallest absolute Gasteiger partial charge is 0.220 e. The molecule has 0 N–H and O–H groups in total. The molecule has 1 fully saturated rings. The summed E-state index contributed by atoms with van der Waals surface area (Å²) in [5.41, 5.74) is 0.422. The minimum absolute atomic E-state index is 0.139. The minimum atomic E-state index is -3.42. The third kappa shape index (κ3) is 2.51. The van der Waals surface area contributed by atoms with Crippen molar-refractivity contribution in [2.24, 2.45) is 0 Å². The maximum absolute atomic E-state index is 12.5. The lowest BCUT2D eigenvalue weighted by Crippen LogP contribution is -2.31. The minimum Gasteiger partial charge on any atom is -0.465 e. The first-order chi connectivity index (χ1) is 9.56. The second-order valence-corrected chi connectivity index (χ2v) is 6.89. The van der Waals surface area contributed by atoms with E-state index < -0.39 is 10.0 Å². The summed E-state index contributed by atoms with van der Waals surface area (Å²) >= 11 is 0. The molecule has 3 rings (SSSR count). The first kappa shape index (κ1) is 13.4. The maximum atomic E-state index is 12.5. The van der Waals surface area contributed by atoms with Gasteiger partial charge in [0.1, 0.15) is 23.5 Å². The first-order valence-electron chi connectivity index (χ1n) is 6.51. The van der Waals surface area contributed by atoms with Gasteiger partial charge >= 0.3 is 0 Å². The molecule has 0 bridgehead atoms. The lowest BCUT2D eigenvalue weighted by Gasteiger charge is -2.22. The van der Waals surface area contributed by atoms with E-state index in [9.17, 15) is 8.42 Å². The van der Waals surface area contributed by atoms with Crippen molar-refractivity contribution in [3.8, 4) is 0 Å². The van der Waals surface area contributed by atoms with Gasteiger partial charge in [-0.2, -0.15) is 4.31 Å². The van der Waals surface area contributed by atoms with Crippen LogP contribution >= 0.6 is 0 Å². The third-order valence-corrected chi connectivity index (χ3v) is 5.28. The summed E-state index contributed by atoms with van der Waals surface area (Å²) in [4.78, 5) is 0. The molecule has 108 valence electrons. The summed E-state index contributed by atoms with van der Waals surface area (Å²) < 4.78 is 36.8. The second kappa shape index (κ2) is 5.06. The van der Waals surface area contributed by atoms with Gasteiger partial charge in [0.15, 0.2) is 0 Å². The Morgan fingerprint density at radius 3 is 2.90 bits per heavy atom. The first-order valence-corrected chi connectivity index (χ1v) is 8.12. The van der Waals surface area contributed by atoms with Crippen LogP contribution in [0, 0.1) is 6.92 Å². The highest BCUT2D eigenvalue weighted by molar-refractivity contribution is 7.88. The van der Waals surface area contributed by atoms with Gasteiger partial charge in [-0.25, -0.2) is 8.42 Å². The molecule has 1 aliphatic rings. The van der Waals surface area contributed by atoms with Crippen LogP contribution in [0.2, 0.25) is 0 Å². The molecule has 1 unspecified atom stereocenters. The lowest BCUT2D eigenvalue weighted by atomic mass is 10.2. The third-order valence-electron chi connectivity index (χ3n) is 3.47. The Balaban J connectivity index is 1.84. The van der Waals surface area contributed by atoms with Crippen LogP contribution < -0.4 is 0 Å². The highest BCUT2D eigenvalue weighted by Gasteiger charge is 2.37. The van der Waals surface area contributed by atoms with E-state index in [2.05, 4.69) is 9.68 Å². The van der Waals surface area contributed by atoms with E-state index in [0.29, 0.717) is 18.0 Å². The van der Waals surface area contributed by atoms with E-state index in [4.69, 9.17) is 4.42 Å². The number of nitrogens with zero attached hydrogens (tertiary/aromatic N) is 2. The lowest BCUT2D eigenvalue weighted by molar-refractivity contribution is 0.333. The fourth-order valence-electron chi connectivity index (χ4n) is 2.57. The molecule has 0 spiro atoms. The molecule has 1 saturated heterocycles. The van der Waals surface area contributed by atoms with Crippen molar-refractivity contribution in [1.82, 2.24) is 9.46 Å². The van der Waals surface area contributed by atoms with Crippen molar-refractivity contribution in [2.45, 2.75) is 31.6 Å². The SMILES string of the molecule is Cc1ccc(C2CCCN2S(=O)(=O)Cc2ccon2)o1. The summed E-state index contributed by atoms with van der Waals surface area (Å²) in [6.45, 7) is 2.37. The molecule has 3 heterocycles. The van der Waals surface area contributed by atoms with Gasteiger partial charge in [0.05, 0.1) is 11.7 Å². The molecule has 2 aromatic rings. The number of hydrogen-bond donors (Lipinski definition) is 0. The number of aromatic nitrogens is 1. The average molecular weight is 296 g/mol. The van der Waals surface area contributed by atoms with Crippen molar-refractivity contribution in [2.75, 3.05) is 6.54 Å². The summed E-state index contributed by atoms with van der Waals surface area (Å²) in [5.74, 6) is 1.36. The molecule has 7 heteroatoms. The van der Waals surface area contributed by atoms with E-state index in [0.717, 1.165) is 18.6 Å². The van der Waals surface area contributed by atoms with E-state index in [1.165, 1.54) is 10.6 Å². The number of sulfonamides is 1. The van der Waals surface area contributed by atoms with Crippen LogP contribution in [-0.2, 0) is 15.8 Å². The zero-order valence-corrected chi connectivity index (χ0v) is 12.0. The molecule has 20 heavy (non-hydrogen) atoms. The average Bonchev–Trinajstić information content (AvgIpc) is 3.07. The number of rotatable bonds is 4. The highest BCUT2D eigenvalue weighted by atomic mass is 32.2. The van der Waals surface area contributed by atoms with Gasteiger partial charge in [-0.15, -0.1) is 0 Å². The van der Waals surface area contributed by atoms with Crippen molar-refractivity contribution in [1.29, 1.82) is 0 Å². The molecule has 0 aromatic carbocycles. The zero-order chi connectivity index (χ0) is 14.2. The molecular formula is C13H16N2O4S. The van der Waals surface area contributed by atoms with Crippen LogP contribution in [-0.4, -0.2) is 24.4 Å². The van der Waals surface area contributed by atoms with Gasteiger partial charge < -0.3 is 8.94 Å². The van der Waals surface area contributed by atoms with Crippen molar-refractivity contribution in [3.63, 3.8) is 0 Å². The van der Waals surface area contributed by atoms with Crippen LogP contribution in [0.4, 0.5) is 0 Å². The van der Waals surface area contributed by atoms with Crippen molar-refractivity contribution < 1.29 is 17.4 Å². The van der Waals surface area contributed by atoms with E-state index >= 15 is 0 Å². The highest BCUT2D eigenvalue weighted by Crippen LogP contribution is 2.35. The Bertz CT molecular complexity index is 675. The largest absolute Gasteiger partial charge is 0.465 e. The number of furan rings is 1. The van der Waals surface area contributed by atoms with Crippen LogP contribution in [0.25, 0.3) is 0 Å². The Morgan fingerprint density at radius 1 is 1.40 bits per heavy atom. The van der Waals surface area contributed by atoms with E-state index in [-0.39, 0.29) is 11.8 Å². The van der Waals surface area contributed by atoms with Crippen LogP contribution in [0.1, 0.15) is 36.1 Å². The maximum Gasteiger partial charge on any atom is 0.220 e. The predicted molar refractivity (Wildman–Crippen MR) is 71.3 cm³/mol. The fourth-order valence-corrected chi connectivity index (χ4v) is 4.26. The molecule has 0 radical (unpaired) electrons.